The molecule has 4 rings (SSSR count). The van der Waals surface area contributed by atoms with E-state index in [9.17, 15) is 41.1 Å². The molecule has 0 aliphatic heterocycles. The van der Waals surface area contributed by atoms with Crippen LogP contribution in [-0.2, 0) is 40.1 Å². The van der Waals surface area contributed by atoms with Crippen LogP contribution >= 0.6 is 0 Å². The number of anilines is 1. The van der Waals surface area contributed by atoms with Gasteiger partial charge in [-0.1, -0.05) is 35.5 Å². The number of carbonyl (C=O) groups is 3. The first-order chi connectivity index (χ1) is 21.8. The Morgan fingerprint density at radius 2 is 1.83 bits per heavy atom. The number of esters is 1. The third-order valence-corrected chi connectivity index (χ3v) is 6.40. The van der Waals surface area contributed by atoms with E-state index in [1.807, 2.05) is 0 Å². The Morgan fingerprint density at radius 3 is 2.52 bits per heavy atom. The summed E-state index contributed by atoms with van der Waals surface area (Å²) in [5, 5.41) is 11.9. The highest BCUT2D eigenvalue weighted by atomic mass is 19.4. The van der Waals surface area contributed by atoms with E-state index in [1.165, 1.54) is 12.1 Å². The zero-order valence-electron chi connectivity index (χ0n) is 24.0. The Hall–Kier alpha value is -5.48. The maximum atomic E-state index is 14.9. The molecular formula is C29H26F5N7O5. The van der Waals surface area contributed by atoms with E-state index < -0.39 is 58.9 Å². The van der Waals surface area contributed by atoms with E-state index in [1.54, 1.807) is 18.2 Å². The summed E-state index contributed by atoms with van der Waals surface area (Å²) in [6, 6.07) is 10.7. The first-order valence-corrected chi connectivity index (χ1v) is 13.6. The van der Waals surface area contributed by atoms with E-state index in [4.69, 9.17) is 4.74 Å². The zero-order valence-corrected chi connectivity index (χ0v) is 24.0. The van der Waals surface area contributed by atoms with Crippen LogP contribution in [0.2, 0.25) is 0 Å². The van der Waals surface area contributed by atoms with Crippen molar-refractivity contribution in [1.82, 2.24) is 29.9 Å². The Morgan fingerprint density at radius 1 is 1.09 bits per heavy atom. The van der Waals surface area contributed by atoms with Crippen molar-refractivity contribution < 1.29 is 41.1 Å². The van der Waals surface area contributed by atoms with Crippen LogP contribution in [0.4, 0.5) is 27.6 Å². The van der Waals surface area contributed by atoms with E-state index in [0.29, 0.717) is 5.56 Å². The monoisotopic (exact) mass is 647 g/mol. The van der Waals surface area contributed by atoms with Gasteiger partial charge in [0, 0.05) is 31.4 Å². The molecule has 0 radical (unpaired) electrons. The molecule has 17 heteroatoms. The fourth-order valence-electron chi connectivity index (χ4n) is 4.16. The summed E-state index contributed by atoms with van der Waals surface area (Å²) >= 11 is 0. The number of carbonyl (C=O) groups excluding carboxylic acids is 3. The van der Waals surface area contributed by atoms with Crippen molar-refractivity contribution in [1.29, 1.82) is 0 Å². The van der Waals surface area contributed by atoms with Crippen LogP contribution in [0.3, 0.4) is 0 Å². The van der Waals surface area contributed by atoms with Crippen molar-refractivity contribution in [3.05, 3.63) is 106 Å². The predicted molar refractivity (Wildman–Crippen MR) is 150 cm³/mol. The number of aromatic nitrogens is 5. The Balaban J connectivity index is 1.31. The van der Waals surface area contributed by atoms with Crippen molar-refractivity contribution >= 4 is 23.5 Å². The molecule has 0 aliphatic carbocycles. The van der Waals surface area contributed by atoms with Gasteiger partial charge in [-0.2, -0.15) is 17.6 Å². The minimum absolute atomic E-state index is 0.0418. The van der Waals surface area contributed by atoms with Crippen LogP contribution in [0.5, 0.6) is 0 Å². The Bertz CT molecular complexity index is 1760. The molecule has 0 saturated heterocycles. The van der Waals surface area contributed by atoms with Crippen molar-refractivity contribution in [2.75, 3.05) is 5.32 Å². The molecule has 46 heavy (non-hydrogen) atoms. The number of hydrogen-bond donors (Lipinski definition) is 2. The third kappa shape index (κ3) is 8.80. The van der Waals surface area contributed by atoms with Crippen molar-refractivity contribution in [3.63, 3.8) is 0 Å². The van der Waals surface area contributed by atoms with Gasteiger partial charge in [0.25, 0.3) is 17.4 Å². The normalized spacial score (nSPS) is 12.7. The van der Waals surface area contributed by atoms with Gasteiger partial charge < -0.3 is 19.9 Å². The topological polar surface area (TPSA) is 150 Å². The molecule has 242 valence electrons. The third-order valence-electron chi connectivity index (χ3n) is 6.40. The summed E-state index contributed by atoms with van der Waals surface area (Å²) in [6.45, 7) is 0.151. The standard InChI is InChI=1S/C29H26F5N7O5/c1-17(42)46-25(18-5-3-2-4-6-18)27(44)37-22-9-12-40(28(45)24(22)31)11-8-20(30)15-41-16-23(38-39-41)26(43)36-14-21-13-19(7-10-35-21)29(32,33)34/h2-7,9-10,12-13,16,20,25H,8,11,14-15H2,1H3,(H,36,43)(H,37,44)/t20-,25?/m0/s1. The lowest BCUT2D eigenvalue weighted by molar-refractivity contribution is -0.152. The van der Waals surface area contributed by atoms with Gasteiger partial charge in [0.2, 0.25) is 11.9 Å². The molecule has 1 aromatic carbocycles. The number of rotatable bonds is 12. The number of alkyl halides is 4. The van der Waals surface area contributed by atoms with Crippen molar-refractivity contribution in [3.8, 4) is 0 Å². The number of nitrogens with zero attached hydrogens (tertiary/aromatic N) is 5. The van der Waals surface area contributed by atoms with Gasteiger partial charge in [0.1, 0.15) is 6.17 Å². The molecule has 0 aliphatic rings. The van der Waals surface area contributed by atoms with Crippen molar-refractivity contribution in [2.45, 2.75) is 51.4 Å². The second-order valence-electron chi connectivity index (χ2n) is 9.86. The summed E-state index contributed by atoms with van der Waals surface area (Å²) < 4.78 is 75.2. The Labute approximate surface area is 257 Å². The van der Waals surface area contributed by atoms with Crippen LogP contribution < -0.4 is 16.2 Å². The lowest BCUT2D eigenvalue weighted by Crippen LogP contribution is -2.29. The van der Waals surface area contributed by atoms with Crippen LogP contribution in [0, 0.1) is 5.82 Å². The van der Waals surface area contributed by atoms with E-state index in [2.05, 4.69) is 25.9 Å². The number of aryl methyl sites for hydroxylation is 1. The number of nitrogens with one attached hydrogen (secondary N) is 2. The van der Waals surface area contributed by atoms with Gasteiger partial charge >= 0.3 is 12.1 Å². The molecule has 3 aromatic heterocycles. The lowest BCUT2D eigenvalue weighted by atomic mass is 10.1. The summed E-state index contributed by atoms with van der Waals surface area (Å²) in [6.07, 6.45) is -4.60. The summed E-state index contributed by atoms with van der Waals surface area (Å²) in [7, 11) is 0. The largest absolute Gasteiger partial charge is 0.447 e. The van der Waals surface area contributed by atoms with Gasteiger partial charge in [0.05, 0.1) is 36.2 Å². The van der Waals surface area contributed by atoms with Gasteiger partial charge in [-0.3, -0.25) is 24.2 Å². The average molecular weight is 648 g/mol. The second kappa shape index (κ2) is 14.5. The number of amides is 2. The molecule has 1 unspecified atom stereocenters. The fraction of sp³-hybridized carbons (Fsp3) is 0.276. The fourth-order valence-corrected chi connectivity index (χ4v) is 4.16. The molecule has 0 saturated carbocycles. The molecular weight excluding hydrogens is 621 g/mol. The van der Waals surface area contributed by atoms with Gasteiger partial charge in [0.15, 0.2) is 5.69 Å². The molecule has 0 bridgehead atoms. The summed E-state index contributed by atoms with van der Waals surface area (Å²) in [5.74, 6) is -3.74. The van der Waals surface area contributed by atoms with Gasteiger partial charge in [-0.15, -0.1) is 5.10 Å². The second-order valence-corrected chi connectivity index (χ2v) is 9.86. The quantitative estimate of drug-likeness (QED) is 0.175. The minimum Gasteiger partial charge on any atom is -0.447 e. The van der Waals surface area contributed by atoms with Crippen LogP contribution in [-0.4, -0.2) is 48.5 Å². The number of halogens is 5. The Kier molecular flexibility index (Phi) is 10.6. The van der Waals surface area contributed by atoms with Gasteiger partial charge in [-0.25, -0.2) is 9.07 Å². The first-order valence-electron chi connectivity index (χ1n) is 13.6. The smallest absolute Gasteiger partial charge is 0.416 e. The summed E-state index contributed by atoms with van der Waals surface area (Å²) in [5.41, 5.74) is -2.46. The molecule has 0 spiro atoms. The highest BCUT2D eigenvalue weighted by molar-refractivity contribution is 5.96. The average Bonchev–Trinajstić information content (AvgIpc) is 3.49. The van der Waals surface area contributed by atoms with E-state index in [0.717, 1.165) is 53.0 Å². The minimum atomic E-state index is -4.57. The molecule has 2 N–H and O–H groups in total. The highest BCUT2D eigenvalue weighted by Gasteiger charge is 2.31. The van der Waals surface area contributed by atoms with Crippen LogP contribution in [0.25, 0.3) is 0 Å². The van der Waals surface area contributed by atoms with Crippen LogP contribution in [0.1, 0.15) is 46.8 Å². The zero-order chi connectivity index (χ0) is 33.4. The lowest BCUT2D eigenvalue weighted by Gasteiger charge is -2.17. The molecule has 3 heterocycles. The number of ether oxygens (including phenoxy) is 1. The number of benzene rings is 1. The SMILES string of the molecule is CC(=O)OC(C(=O)Nc1ccn(CC[C@H](F)Cn2cc(C(=O)NCc3cc(C(F)(F)F)ccn3)nn2)c(=O)c1F)c1ccccc1. The van der Waals surface area contributed by atoms with E-state index >= 15 is 0 Å². The van der Waals surface area contributed by atoms with Crippen LogP contribution in [0.15, 0.2) is 71.9 Å². The maximum absolute atomic E-state index is 14.9. The molecule has 0 fully saturated rings. The summed E-state index contributed by atoms with van der Waals surface area (Å²) in [4.78, 5) is 53.0. The number of hydrogen-bond acceptors (Lipinski definition) is 8. The molecule has 12 nitrogen and oxygen atoms in total. The van der Waals surface area contributed by atoms with E-state index in [-0.39, 0.29) is 37.4 Å². The molecule has 2 amide bonds. The van der Waals surface area contributed by atoms with Crippen molar-refractivity contribution in [2.24, 2.45) is 0 Å². The first kappa shape index (κ1) is 33.4. The predicted octanol–water partition coefficient (Wildman–Crippen LogP) is 3.59. The highest BCUT2D eigenvalue weighted by Crippen LogP contribution is 2.29. The van der Waals surface area contributed by atoms with Gasteiger partial charge in [-0.05, 0) is 24.6 Å². The molecule has 4 aromatic rings. The molecule has 2 atom stereocenters. The number of pyridine rings is 2. The maximum Gasteiger partial charge on any atom is 0.416 e.